The summed E-state index contributed by atoms with van der Waals surface area (Å²) in [5.74, 6) is 1.42. The maximum absolute atomic E-state index is 12.5. The molecule has 7 nitrogen and oxygen atoms in total. The predicted molar refractivity (Wildman–Crippen MR) is 94.4 cm³/mol. The van der Waals surface area contributed by atoms with Crippen LogP contribution < -0.4 is 5.32 Å². The summed E-state index contributed by atoms with van der Waals surface area (Å²) >= 11 is 0. The Labute approximate surface area is 148 Å². The van der Waals surface area contributed by atoms with Gasteiger partial charge in [-0.25, -0.2) is 0 Å². The molecule has 128 valence electrons. The molecule has 2 aromatic carbocycles. The molecule has 0 aliphatic carbocycles. The predicted octanol–water partition coefficient (Wildman–Crippen LogP) is 3.95. The number of nitrogens with one attached hydrogen (secondary N) is 1. The van der Waals surface area contributed by atoms with Gasteiger partial charge in [0.2, 0.25) is 11.7 Å². The summed E-state index contributed by atoms with van der Waals surface area (Å²) < 4.78 is 10.1. The molecular weight excluding hydrogens is 332 g/mol. The van der Waals surface area contributed by atoms with E-state index < -0.39 is 0 Å². The zero-order valence-electron chi connectivity index (χ0n) is 13.8. The van der Waals surface area contributed by atoms with Crippen molar-refractivity contribution in [2.24, 2.45) is 0 Å². The van der Waals surface area contributed by atoms with Gasteiger partial charge in [0.05, 0.1) is 6.20 Å². The highest BCUT2D eigenvalue weighted by atomic mass is 16.5. The molecule has 4 rings (SSSR count). The number of amides is 1. The van der Waals surface area contributed by atoms with E-state index in [0.29, 0.717) is 28.7 Å². The third kappa shape index (κ3) is 3.23. The second-order valence-electron chi connectivity index (χ2n) is 5.63. The van der Waals surface area contributed by atoms with Crippen LogP contribution in [0.15, 0.2) is 69.8 Å². The van der Waals surface area contributed by atoms with Gasteiger partial charge in [-0.2, -0.15) is 4.98 Å². The van der Waals surface area contributed by atoms with Crippen molar-refractivity contribution in [3.63, 3.8) is 0 Å². The van der Waals surface area contributed by atoms with Gasteiger partial charge in [0.25, 0.3) is 5.91 Å². The minimum Gasteiger partial charge on any atom is -0.356 e. The van der Waals surface area contributed by atoms with Crippen molar-refractivity contribution >= 4 is 11.6 Å². The Kier molecular flexibility index (Phi) is 4.03. The molecule has 26 heavy (non-hydrogen) atoms. The zero-order valence-corrected chi connectivity index (χ0v) is 13.8. The lowest BCUT2D eigenvalue weighted by atomic mass is 10.1. The van der Waals surface area contributed by atoms with Crippen LogP contribution in [0.4, 0.5) is 5.69 Å². The molecule has 0 bridgehead atoms. The third-order valence-electron chi connectivity index (χ3n) is 3.78. The number of carbonyl (C=O) groups excluding carboxylic acids is 1. The van der Waals surface area contributed by atoms with Gasteiger partial charge in [-0.05, 0) is 24.3 Å². The number of rotatable bonds is 4. The largest absolute Gasteiger partial charge is 0.356 e. The fraction of sp³-hybridized carbons (Fsp3) is 0.0526. The third-order valence-corrected chi connectivity index (χ3v) is 3.78. The quantitative estimate of drug-likeness (QED) is 0.601. The number of hydrogen-bond donors (Lipinski definition) is 1. The second kappa shape index (κ2) is 6.64. The summed E-state index contributed by atoms with van der Waals surface area (Å²) in [5, 5.41) is 10.4. The molecule has 0 aliphatic rings. The van der Waals surface area contributed by atoms with Gasteiger partial charge in [0, 0.05) is 35.4 Å². The number of aromatic nitrogens is 3. The Hall–Kier alpha value is -3.74. The van der Waals surface area contributed by atoms with Crippen LogP contribution in [-0.2, 0) is 0 Å². The fourth-order valence-corrected chi connectivity index (χ4v) is 2.51. The highest BCUT2D eigenvalue weighted by molar-refractivity contribution is 6.04. The summed E-state index contributed by atoms with van der Waals surface area (Å²) in [5.41, 5.74) is 2.81. The summed E-state index contributed by atoms with van der Waals surface area (Å²) in [7, 11) is 0. The normalized spacial score (nSPS) is 10.7. The maximum Gasteiger partial charge on any atom is 0.255 e. The van der Waals surface area contributed by atoms with E-state index in [2.05, 4.69) is 20.6 Å². The SMILES string of the molecule is Cc1nc(-c2ccc(C(=O)Nc3cccc(-c4ccno4)c3)cc2)no1. The minimum absolute atomic E-state index is 0.212. The number of carbonyl (C=O) groups is 1. The standard InChI is InChI=1S/C19H14N4O3/c1-12-21-18(23-25-12)13-5-7-14(8-6-13)19(24)22-16-4-2-3-15(11-16)17-9-10-20-26-17/h2-11H,1H3,(H,22,24). The molecule has 0 fully saturated rings. The van der Waals surface area contributed by atoms with Crippen molar-refractivity contribution in [1.82, 2.24) is 15.3 Å². The lowest BCUT2D eigenvalue weighted by Gasteiger charge is -2.07. The van der Waals surface area contributed by atoms with E-state index in [1.165, 1.54) is 0 Å². The van der Waals surface area contributed by atoms with Crippen molar-refractivity contribution in [2.75, 3.05) is 5.32 Å². The molecule has 0 aliphatic heterocycles. The lowest BCUT2D eigenvalue weighted by Crippen LogP contribution is -2.11. The van der Waals surface area contributed by atoms with Crippen LogP contribution >= 0.6 is 0 Å². The Bertz CT molecular complexity index is 1040. The first-order chi connectivity index (χ1) is 12.7. The number of aryl methyl sites for hydroxylation is 1. The smallest absolute Gasteiger partial charge is 0.255 e. The van der Waals surface area contributed by atoms with Gasteiger partial charge in [-0.15, -0.1) is 0 Å². The van der Waals surface area contributed by atoms with Crippen LogP contribution in [0, 0.1) is 6.92 Å². The molecular formula is C19H14N4O3. The van der Waals surface area contributed by atoms with E-state index in [4.69, 9.17) is 9.05 Å². The van der Waals surface area contributed by atoms with E-state index in [0.717, 1.165) is 11.1 Å². The molecule has 4 aromatic rings. The number of hydrogen-bond acceptors (Lipinski definition) is 6. The summed E-state index contributed by atoms with van der Waals surface area (Å²) in [6, 6.07) is 16.1. The van der Waals surface area contributed by atoms with E-state index >= 15 is 0 Å². The monoisotopic (exact) mass is 346 g/mol. The number of nitrogens with zero attached hydrogens (tertiary/aromatic N) is 3. The van der Waals surface area contributed by atoms with E-state index in [1.807, 2.05) is 24.3 Å². The van der Waals surface area contributed by atoms with Crippen molar-refractivity contribution in [1.29, 1.82) is 0 Å². The minimum atomic E-state index is -0.212. The van der Waals surface area contributed by atoms with Gasteiger partial charge in [0.15, 0.2) is 5.76 Å². The van der Waals surface area contributed by atoms with Crippen molar-refractivity contribution in [3.05, 3.63) is 72.2 Å². The first-order valence-corrected chi connectivity index (χ1v) is 7.92. The van der Waals surface area contributed by atoms with E-state index in [1.54, 1.807) is 43.5 Å². The van der Waals surface area contributed by atoms with Gasteiger partial charge in [-0.3, -0.25) is 4.79 Å². The van der Waals surface area contributed by atoms with Gasteiger partial charge >= 0.3 is 0 Å². The van der Waals surface area contributed by atoms with E-state index in [9.17, 15) is 4.79 Å². The Balaban J connectivity index is 1.51. The van der Waals surface area contributed by atoms with Gasteiger partial charge in [0.1, 0.15) is 0 Å². The molecule has 0 spiro atoms. The number of benzene rings is 2. The van der Waals surface area contributed by atoms with Crippen molar-refractivity contribution in [3.8, 4) is 22.7 Å². The van der Waals surface area contributed by atoms with Gasteiger partial charge < -0.3 is 14.4 Å². The van der Waals surface area contributed by atoms with Crippen molar-refractivity contribution < 1.29 is 13.8 Å². The average molecular weight is 346 g/mol. The first-order valence-electron chi connectivity index (χ1n) is 7.92. The van der Waals surface area contributed by atoms with Gasteiger partial charge in [-0.1, -0.05) is 34.6 Å². The lowest BCUT2D eigenvalue weighted by molar-refractivity contribution is 0.102. The Morgan fingerprint density at radius 2 is 1.85 bits per heavy atom. The molecule has 2 heterocycles. The molecule has 1 amide bonds. The highest BCUT2D eigenvalue weighted by Gasteiger charge is 2.10. The second-order valence-corrected chi connectivity index (χ2v) is 5.63. The molecule has 7 heteroatoms. The summed E-state index contributed by atoms with van der Waals surface area (Å²) in [6.07, 6.45) is 1.58. The maximum atomic E-state index is 12.5. The van der Waals surface area contributed by atoms with Crippen molar-refractivity contribution in [2.45, 2.75) is 6.92 Å². The van der Waals surface area contributed by atoms with Crippen LogP contribution in [-0.4, -0.2) is 21.2 Å². The molecule has 0 atom stereocenters. The Morgan fingerprint density at radius 1 is 1.00 bits per heavy atom. The first kappa shape index (κ1) is 15.8. The molecule has 0 radical (unpaired) electrons. The highest BCUT2D eigenvalue weighted by Crippen LogP contribution is 2.23. The molecule has 0 unspecified atom stereocenters. The number of anilines is 1. The van der Waals surface area contributed by atoms with Crippen LogP contribution in [0.2, 0.25) is 0 Å². The van der Waals surface area contributed by atoms with Crippen LogP contribution in [0.3, 0.4) is 0 Å². The average Bonchev–Trinajstić information content (AvgIpc) is 3.34. The molecule has 1 N–H and O–H groups in total. The van der Waals surface area contributed by atoms with Crippen LogP contribution in [0.5, 0.6) is 0 Å². The van der Waals surface area contributed by atoms with Crippen LogP contribution in [0.25, 0.3) is 22.7 Å². The summed E-state index contributed by atoms with van der Waals surface area (Å²) in [6.45, 7) is 1.73. The zero-order chi connectivity index (χ0) is 17.9. The topological polar surface area (TPSA) is 94.1 Å². The molecule has 0 saturated heterocycles. The summed E-state index contributed by atoms with van der Waals surface area (Å²) in [4.78, 5) is 16.6. The molecule has 2 aromatic heterocycles. The van der Waals surface area contributed by atoms with E-state index in [-0.39, 0.29) is 5.91 Å². The van der Waals surface area contributed by atoms with Crippen LogP contribution in [0.1, 0.15) is 16.2 Å². The Morgan fingerprint density at radius 3 is 2.54 bits per heavy atom. The molecule has 0 saturated carbocycles. The fourth-order valence-electron chi connectivity index (χ4n) is 2.51.